The predicted molar refractivity (Wildman–Crippen MR) is 107 cm³/mol. The van der Waals surface area contributed by atoms with Gasteiger partial charge in [0.2, 0.25) is 0 Å². The normalized spacial score (nSPS) is 16.1. The Morgan fingerprint density at radius 2 is 1.73 bits per heavy atom. The van der Waals surface area contributed by atoms with Crippen molar-refractivity contribution in [3.63, 3.8) is 0 Å². The number of nitrogens with one attached hydrogen (secondary N) is 2. The Hall–Kier alpha value is -1.07. The third-order valence-electron chi connectivity index (χ3n) is 4.04. The number of hydrogen-bond donors (Lipinski definition) is 2. The maximum Gasteiger partial charge on any atom is 0.416 e. The molecule has 2 rings (SSSR count). The molecule has 0 radical (unpaired) electrons. The summed E-state index contributed by atoms with van der Waals surface area (Å²) in [5.41, 5.74) is 0.231. The van der Waals surface area contributed by atoms with E-state index in [-0.39, 0.29) is 24.0 Å². The zero-order chi connectivity index (χ0) is 18.1. The van der Waals surface area contributed by atoms with Crippen LogP contribution in [-0.2, 0) is 17.3 Å². The van der Waals surface area contributed by atoms with E-state index in [2.05, 4.69) is 20.5 Å². The molecule has 0 spiro atoms. The summed E-state index contributed by atoms with van der Waals surface area (Å²) in [5, 5.41) is 6.41. The molecule has 1 aliphatic heterocycles. The van der Waals surface area contributed by atoms with E-state index in [0.717, 1.165) is 57.1 Å². The summed E-state index contributed by atoms with van der Waals surface area (Å²) >= 11 is 0. The zero-order valence-corrected chi connectivity index (χ0v) is 17.1. The lowest BCUT2D eigenvalue weighted by Gasteiger charge is -2.26. The lowest BCUT2D eigenvalue weighted by Crippen LogP contribution is -2.44. The van der Waals surface area contributed by atoms with Gasteiger partial charge in [-0.3, -0.25) is 9.89 Å². The van der Waals surface area contributed by atoms with E-state index in [1.54, 1.807) is 7.05 Å². The van der Waals surface area contributed by atoms with Crippen LogP contribution in [0.2, 0.25) is 0 Å². The predicted octanol–water partition coefficient (Wildman–Crippen LogP) is 2.36. The van der Waals surface area contributed by atoms with Gasteiger partial charge < -0.3 is 15.4 Å². The molecule has 1 aromatic rings. The summed E-state index contributed by atoms with van der Waals surface area (Å²) in [6.07, 6.45) is -3.66. The maximum absolute atomic E-state index is 12.5. The fourth-order valence-electron chi connectivity index (χ4n) is 2.56. The molecular weight excluding hydrogens is 460 g/mol. The molecule has 0 saturated carbocycles. The van der Waals surface area contributed by atoms with Crippen LogP contribution in [0.1, 0.15) is 11.1 Å². The molecule has 0 bridgehead atoms. The number of alkyl halides is 3. The van der Waals surface area contributed by atoms with E-state index < -0.39 is 11.7 Å². The molecule has 0 amide bonds. The van der Waals surface area contributed by atoms with E-state index in [4.69, 9.17) is 4.74 Å². The number of rotatable bonds is 6. The standard InChI is InChI=1S/C17H25F3N4O.HI/c1-21-16(23-8-9-24-10-12-25-13-11-24)22-7-6-14-2-4-15(5-3-14)17(18,19)20;/h2-5H,6-13H2,1H3,(H2,21,22,23);1H. The fraction of sp³-hybridized carbons (Fsp3) is 0.588. The molecule has 1 aromatic carbocycles. The first kappa shape index (κ1) is 23.0. The maximum atomic E-state index is 12.5. The molecule has 1 aliphatic rings. The van der Waals surface area contributed by atoms with Gasteiger partial charge in [-0.25, -0.2) is 0 Å². The molecule has 0 aliphatic carbocycles. The Kier molecular flexibility index (Phi) is 10.3. The highest BCUT2D eigenvalue weighted by atomic mass is 127. The van der Waals surface area contributed by atoms with E-state index in [1.165, 1.54) is 12.1 Å². The monoisotopic (exact) mass is 486 g/mol. The summed E-state index contributed by atoms with van der Waals surface area (Å²) in [7, 11) is 1.70. The number of guanidine groups is 1. The third kappa shape index (κ3) is 8.09. The van der Waals surface area contributed by atoms with Crippen LogP contribution < -0.4 is 10.6 Å². The minimum atomic E-state index is -4.29. The molecule has 2 N–H and O–H groups in total. The van der Waals surface area contributed by atoms with E-state index in [9.17, 15) is 13.2 Å². The molecule has 1 fully saturated rings. The Bertz CT molecular complexity index is 546. The summed E-state index contributed by atoms with van der Waals surface area (Å²) in [4.78, 5) is 6.48. The van der Waals surface area contributed by atoms with Gasteiger partial charge in [0.15, 0.2) is 5.96 Å². The molecule has 0 aromatic heterocycles. The number of hydrogen-bond acceptors (Lipinski definition) is 3. The van der Waals surface area contributed by atoms with Crippen molar-refractivity contribution in [2.75, 3.05) is 53.0 Å². The number of halogens is 4. The number of morpholine rings is 1. The molecular formula is C17H26F3IN4O. The highest BCUT2D eigenvalue weighted by molar-refractivity contribution is 14.0. The minimum Gasteiger partial charge on any atom is -0.379 e. The summed E-state index contributed by atoms with van der Waals surface area (Å²) in [6, 6.07) is 5.26. The van der Waals surface area contributed by atoms with Gasteiger partial charge in [-0.1, -0.05) is 12.1 Å². The SMILES string of the molecule is CN=C(NCCc1ccc(C(F)(F)F)cc1)NCCN1CCOCC1.I. The average Bonchev–Trinajstić information content (AvgIpc) is 2.61. The Morgan fingerprint density at radius 3 is 2.31 bits per heavy atom. The van der Waals surface area contributed by atoms with Crippen LogP contribution in [0.3, 0.4) is 0 Å². The van der Waals surface area contributed by atoms with Crippen molar-refractivity contribution >= 4 is 29.9 Å². The molecule has 1 heterocycles. The van der Waals surface area contributed by atoms with Crippen LogP contribution in [0.15, 0.2) is 29.3 Å². The summed E-state index contributed by atoms with van der Waals surface area (Å²) in [6.45, 7) is 5.75. The van der Waals surface area contributed by atoms with Crippen molar-refractivity contribution in [2.45, 2.75) is 12.6 Å². The number of nitrogens with zero attached hydrogens (tertiary/aromatic N) is 2. The molecule has 0 unspecified atom stereocenters. The molecule has 148 valence electrons. The van der Waals surface area contributed by atoms with Gasteiger partial charge in [0.1, 0.15) is 0 Å². The van der Waals surface area contributed by atoms with Crippen molar-refractivity contribution in [1.29, 1.82) is 0 Å². The van der Waals surface area contributed by atoms with Crippen LogP contribution in [0, 0.1) is 0 Å². The first-order chi connectivity index (χ1) is 12.0. The topological polar surface area (TPSA) is 48.9 Å². The molecule has 26 heavy (non-hydrogen) atoms. The summed E-state index contributed by atoms with van der Waals surface area (Å²) in [5.74, 6) is 0.695. The molecule has 5 nitrogen and oxygen atoms in total. The smallest absolute Gasteiger partial charge is 0.379 e. The highest BCUT2D eigenvalue weighted by Crippen LogP contribution is 2.29. The second kappa shape index (κ2) is 11.6. The molecule has 9 heteroatoms. The molecule has 0 atom stereocenters. The first-order valence-corrected chi connectivity index (χ1v) is 8.40. The first-order valence-electron chi connectivity index (χ1n) is 8.40. The Labute approximate surface area is 169 Å². The number of aliphatic imine (C=N–C) groups is 1. The molecule has 1 saturated heterocycles. The van der Waals surface area contributed by atoms with Crippen molar-refractivity contribution in [2.24, 2.45) is 4.99 Å². The van der Waals surface area contributed by atoms with Gasteiger partial charge in [0, 0.05) is 39.8 Å². The van der Waals surface area contributed by atoms with E-state index in [0.29, 0.717) is 18.9 Å². The van der Waals surface area contributed by atoms with Gasteiger partial charge in [0.05, 0.1) is 18.8 Å². The number of benzene rings is 1. The Balaban J connectivity index is 0.00000338. The van der Waals surface area contributed by atoms with Gasteiger partial charge in [-0.2, -0.15) is 13.2 Å². The van der Waals surface area contributed by atoms with Crippen LogP contribution in [-0.4, -0.2) is 63.8 Å². The van der Waals surface area contributed by atoms with Crippen molar-refractivity contribution in [1.82, 2.24) is 15.5 Å². The lowest BCUT2D eigenvalue weighted by atomic mass is 10.1. The van der Waals surface area contributed by atoms with Crippen molar-refractivity contribution < 1.29 is 17.9 Å². The average molecular weight is 486 g/mol. The van der Waals surface area contributed by atoms with Crippen LogP contribution >= 0.6 is 24.0 Å². The van der Waals surface area contributed by atoms with E-state index in [1.807, 2.05) is 0 Å². The fourth-order valence-corrected chi connectivity index (χ4v) is 2.56. The highest BCUT2D eigenvalue weighted by Gasteiger charge is 2.29. The number of ether oxygens (including phenoxy) is 1. The van der Waals surface area contributed by atoms with Gasteiger partial charge in [-0.05, 0) is 24.1 Å². The van der Waals surface area contributed by atoms with Crippen LogP contribution in [0.5, 0.6) is 0 Å². The largest absolute Gasteiger partial charge is 0.416 e. The second-order valence-corrected chi connectivity index (χ2v) is 5.82. The lowest BCUT2D eigenvalue weighted by molar-refractivity contribution is -0.137. The van der Waals surface area contributed by atoms with Gasteiger partial charge >= 0.3 is 6.18 Å². The van der Waals surface area contributed by atoms with Gasteiger partial charge in [-0.15, -0.1) is 24.0 Å². The van der Waals surface area contributed by atoms with E-state index >= 15 is 0 Å². The second-order valence-electron chi connectivity index (χ2n) is 5.82. The van der Waals surface area contributed by atoms with Crippen LogP contribution in [0.25, 0.3) is 0 Å². The zero-order valence-electron chi connectivity index (χ0n) is 14.8. The quantitative estimate of drug-likeness (QED) is 0.369. The van der Waals surface area contributed by atoms with Crippen molar-refractivity contribution in [3.05, 3.63) is 35.4 Å². The minimum absolute atomic E-state index is 0. The van der Waals surface area contributed by atoms with Crippen LogP contribution in [0.4, 0.5) is 13.2 Å². The summed E-state index contributed by atoms with van der Waals surface area (Å²) < 4.78 is 42.9. The van der Waals surface area contributed by atoms with Gasteiger partial charge in [0.25, 0.3) is 0 Å². The third-order valence-corrected chi connectivity index (χ3v) is 4.04. The Morgan fingerprint density at radius 1 is 1.12 bits per heavy atom. The van der Waals surface area contributed by atoms with Crippen molar-refractivity contribution in [3.8, 4) is 0 Å².